The second kappa shape index (κ2) is 24.1. The number of aliphatic hydroxyl groups excluding tert-OH is 1. The van der Waals surface area contributed by atoms with Crippen molar-refractivity contribution in [3.05, 3.63) is 24.3 Å². The van der Waals surface area contributed by atoms with Crippen molar-refractivity contribution >= 4 is 5.91 Å². The number of hydrogen-bond acceptors (Lipinski definition) is 3. The first-order chi connectivity index (χ1) is 11.7. The Labute approximate surface area is 149 Å². The molecule has 0 fully saturated rings. The van der Waals surface area contributed by atoms with Gasteiger partial charge in [-0.05, 0) is 38.5 Å². The summed E-state index contributed by atoms with van der Waals surface area (Å²) in [6.07, 6.45) is 23.0. The highest BCUT2D eigenvalue weighted by molar-refractivity contribution is 5.73. The molecule has 4 nitrogen and oxygen atoms in total. The van der Waals surface area contributed by atoms with E-state index in [0.29, 0.717) is 13.0 Å². The van der Waals surface area contributed by atoms with Crippen LogP contribution in [0, 0.1) is 0 Å². The Hall–Kier alpha value is -1.13. The van der Waals surface area contributed by atoms with Crippen LogP contribution in [0.5, 0.6) is 0 Å². The summed E-state index contributed by atoms with van der Waals surface area (Å²) in [7, 11) is 0. The monoisotopic (exact) mass is 340 g/mol. The van der Waals surface area contributed by atoms with Crippen molar-refractivity contribution in [1.82, 2.24) is 0 Å². The molecule has 0 atom stereocenters. The maximum atomic E-state index is 10.5. The molecule has 0 aromatic carbocycles. The van der Waals surface area contributed by atoms with Crippen molar-refractivity contribution in [3.63, 3.8) is 0 Å². The third kappa shape index (κ3) is 29.0. The van der Waals surface area contributed by atoms with E-state index in [4.69, 9.17) is 16.6 Å². The Bertz CT molecular complexity index is 300. The van der Waals surface area contributed by atoms with Gasteiger partial charge in [-0.3, -0.25) is 4.79 Å². The molecule has 0 heterocycles. The molecule has 0 aromatic heterocycles. The summed E-state index contributed by atoms with van der Waals surface area (Å²) < 4.78 is 0. The molecule has 0 rings (SSSR count). The number of rotatable bonds is 15. The zero-order valence-corrected chi connectivity index (χ0v) is 15.7. The molecule has 0 aromatic rings. The van der Waals surface area contributed by atoms with Crippen LogP contribution in [0.25, 0.3) is 0 Å². The van der Waals surface area contributed by atoms with Crippen LogP contribution in [-0.4, -0.2) is 24.2 Å². The SMILES string of the molecule is CCCCC/C=C\C/C=C\CCCCCCCC(N)=O.NCCO. The molecule has 0 aliphatic rings. The number of carbonyl (C=O) groups excluding carboxylic acids is 1. The highest BCUT2D eigenvalue weighted by Crippen LogP contribution is 2.07. The fraction of sp³-hybridized carbons (Fsp3) is 0.750. The molecule has 4 heteroatoms. The number of primary amides is 1. The van der Waals surface area contributed by atoms with E-state index < -0.39 is 0 Å². The first-order valence-electron chi connectivity index (χ1n) is 9.58. The van der Waals surface area contributed by atoms with Gasteiger partial charge in [-0.1, -0.05) is 63.3 Å². The number of allylic oxidation sites excluding steroid dienone is 4. The number of amides is 1. The number of nitrogens with two attached hydrogens (primary N) is 2. The lowest BCUT2D eigenvalue weighted by Crippen LogP contribution is -2.09. The van der Waals surface area contributed by atoms with Crippen LogP contribution < -0.4 is 11.5 Å². The molecule has 0 aliphatic carbocycles. The van der Waals surface area contributed by atoms with E-state index in [-0.39, 0.29) is 12.5 Å². The first-order valence-corrected chi connectivity index (χ1v) is 9.58. The maximum absolute atomic E-state index is 10.5. The zero-order chi connectivity index (χ0) is 18.3. The molecule has 0 spiro atoms. The number of hydrogen-bond donors (Lipinski definition) is 3. The molecule has 0 radical (unpaired) electrons. The summed E-state index contributed by atoms with van der Waals surface area (Å²) in [5.74, 6) is -0.171. The summed E-state index contributed by atoms with van der Waals surface area (Å²) >= 11 is 0. The number of unbranched alkanes of at least 4 members (excludes halogenated alkanes) is 8. The smallest absolute Gasteiger partial charge is 0.217 e. The Morgan fingerprint density at radius 1 is 0.875 bits per heavy atom. The van der Waals surface area contributed by atoms with Crippen LogP contribution in [0.1, 0.15) is 84.0 Å². The Balaban J connectivity index is 0. The van der Waals surface area contributed by atoms with Gasteiger partial charge in [-0.2, -0.15) is 0 Å². The number of aliphatic hydroxyl groups is 1. The lowest BCUT2D eigenvalue weighted by atomic mass is 10.1. The van der Waals surface area contributed by atoms with Crippen LogP contribution >= 0.6 is 0 Å². The molecule has 1 amide bonds. The Morgan fingerprint density at radius 2 is 1.38 bits per heavy atom. The topological polar surface area (TPSA) is 89.3 Å². The quantitative estimate of drug-likeness (QED) is 0.308. The predicted octanol–water partition coefficient (Wildman–Crippen LogP) is 4.22. The lowest BCUT2D eigenvalue weighted by molar-refractivity contribution is -0.118. The third-order valence-electron chi connectivity index (χ3n) is 3.50. The Morgan fingerprint density at radius 3 is 1.88 bits per heavy atom. The van der Waals surface area contributed by atoms with E-state index in [1.54, 1.807) is 0 Å². The van der Waals surface area contributed by atoms with Crippen molar-refractivity contribution in [2.24, 2.45) is 11.5 Å². The van der Waals surface area contributed by atoms with Gasteiger partial charge in [0, 0.05) is 13.0 Å². The normalized spacial score (nSPS) is 11.0. The minimum absolute atomic E-state index is 0.0972. The standard InChI is InChI=1S/C18H33NO.C2H7NO/c1-2-3-4-5-6-7-8-9-10-11-12-13-14-15-16-17-18(19)20;3-1-2-4/h6-7,9-10H,2-5,8,11-17H2,1H3,(H2,19,20);4H,1-3H2/b7-6-,10-9-;. The van der Waals surface area contributed by atoms with Crippen molar-refractivity contribution < 1.29 is 9.90 Å². The van der Waals surface area contributed by atoms with Crippen LogP contribution in [0.4, 0.5) is 0 Å². The maximum Gasteiger partial charge on any atom is 0.217 e. The van der Waals surface area contributed by atoms with Crippen molar-refractivity contribution in [2.75, 3.05) is 13.2 Å². The molecule has 0 unspecified atom stereocenters. The summed E-state index contributed by atoms with van der Waals surface area (Å²) in [6, 6.07) is 0. The largest absolute Gasteiger partial charge is 0.395 e. The van der Waals surface area contributed by atoms with Crippen LogP contribution in [0.2, 0.25) is 0 Å². The lowest BCUT2D eigenvalue weighted by Gasteiger charge is -1.98. The van der Waals surface area contributed by atoms with Crippen LogP contribution in [0.3, 0.4) is 0 Å². The fourth-order valence-corrected chi connectivity index (χ4v) is 2.11. The Kier molecular flexibility index (Phi) is 25.2. The molecule has 0 bridgehead atoms. The molecule has 142 valence electrons. The average molecular weight is 341 g/mol. The molecule has 0 saturated carbocycles. The van der Waals surface area contributed by atoms with Gasteiger partial charge in [0.1, 0.15) is 0 Å². The first kappa shape index (κ1) is 25.1. The van der Waals surface area contributed by atoms with E-state index in [2.05, 4.69) is 31.2 Å². The summed E-state index contributed by atoms with van der Waals surface area (Å²) in [5, 5.41) is 7.75. The van der Waals surface area contributed by atoms with E-state index >= 15 is 0 Å². The highest BCUT2D eigenvalue weighted by Gasteiger charge is 1.94. The van der Waals surface area contributed by atoms with Crippen LogP contribution in [0.15, 0.2) is 24.3 Å². The number of carbonyl (C=O) groups is 1. The second-order valence-corrected chi connectivity index (χ2v) is 5.96. The fourth-order valence-electron chi connectivity index (χ4n) is 2.11. The summed E-state index contributed by atoms with van der Waals surface area (Å²) in [4.78, 5) is 10.5. The van der Waals surface area contributed by atoms with Crippen molar-refractivity contribution in [1.29, 1.82) is 0 Å². The van der Waals surface area contributed by atoms with Gasteiger partial charge in [0.2, 0.25) is 5.91 Å². The van der Waals surface area contributed by atoms with Crippen molar-refractivity contribution in [3.8, 4) is 0 Å². The van der Waals surface area contributed by atoms with Crippen LogP contribution in [-0.2, 0) is 4.79 Å². The van der Waals surface area contributed by atoms with E-state index in [0.717, 1.165) is 19.3 Å². The molecular formula is C20H40N2O2. The molecular weight excluding hydrogens is 300 g/mol. The van der Waals surface area contributed by atoms with Gasteiger partial charge in [-0.25, -0.2) is 0 Å². The highest BCUT2D eigenvalue weighted by atomic mass is 16.3. The average Bonchev–Trinajstić information content (AvgIpc) is 2.58. The van der Waals surface area contributed by atoms with Gasteiger partial charge in [0.05, 0.1) is 6.61 Å². The predicted molar refractivity (Wildman–Crippen MR) is 105 cm³/mol. The van der Waals surface area contributed by atoms with E-state index in [1.165, 1.54) is 51.4 Å². The molecule has 0 saturated heterocycles. The van der Waals surface area contributed by atoms with Gasteiger partial charge in [0.25, 0.3) is 0 Å². The summed E-state index contributed by atoms with van der Waals surface area (Å²) in [6.45, 7) is 2.71. The van der Waals surface area contributed by atoms with Gasteiger partial charge < -0.3 is 16.6 Å². The molecule has 24 heavy (non-hydrogen) atoms. The third-order valence-corrected chi connectivity index (χ3v) is 3.50. The zero-order valence-electron chi connectivity index (χ0n) is 15.7. The van der Waals surface area contributed by atoms with Gasteiger partial charge in [-0.15, -0.1) is 0 Å². The van der Waals surface area contributed by atoms with Crippen molar-refractivity contribution in [2.45, 2.75) is 84.0 Å². The summed E-state index contributed by atoms with van der Waals surface area (Å²) in [5.41, 5.74) is 9.87. The molecule has 0 aliphatic heterocycles. The second-order valence-electron chi connectivity index (χ2n) is 5.96. The van der Waals surface area contributed by atoms with E-state index in [9.17, 15) is 4.79 Å². The van der Waals surface area contributed by atoms with E-state index in [1.807, 2.05) is 0 Å². The minimum atomic E-state index is -0.171. The van der Waals surface area contributed by atoms with Gasteiger partial charge >= 0.3 is 0 Å². The molecule has 5 N–H and O–H groups in total. The minimum Gasteiger partial charge on any atom is -0.395 e. The van der Waals surface area contributed by atoms with Gasteiger partial charge in [0.15, 0.2) is 0 Å².